The molecule has 2 heterocycles. The molecule has 2 aliphatic heterocycles. The van der Waals surface area contributed by atoms with Crippen molar-refractivity contribution in [3.05, 3.63) is 0 Å². The van der Waals surface area contributed by atoms with Crippen molar-refractivity contribution in [1.29, 1.82) is 0 Å². The SMILES string of the molecule is CCCC[C@H]1C[C@@]2(CO)[C@@H](O1)[C@H](O)[C@@H](C)[C@@H]1O[C@@H]12. The third-order valence-electron chi connectivity index (χ3n) is 5.15. The van der Waals surface area contributed by atoms with Crippen molar-refractivity contribution in [3.63, 3.8) is 0 Å². The average Bonchev–Trinajstić information content (AvgIpc) is 3.10. The Kier molecular flexibility index (Phi) is 3.17. The van der Waals surface area contributed by atoms with Crippen molar-refractivity contribution in [2.75, 3.05) is 6.61 Å². The number of aliphatic hydroxyl groups excluding tert-OH is 2. The molecule has 4 heteroatoms. The van der Waals surface area contributed by atoms with Crippen LogP contribution in [0.2, 0.25) is 0 Å². The summed E-state index contributed by atoms with van der Waals surface area (Å²) in [6.07, 6.45) is 3.78. The number of fused-ring (bicyclic) bond motifs is 3. The summed E-state index contributed by atoms with van der Waals surface area (Å²) in [6, 6.07) is 0. The number of epoxide rings is 1. The van der Waals surface area contributed by atoms with Crippen molar-refractivity contribution in [1.82, 2.24) is 0 Å². The molecule has 0 aromatic rings. The highest BCUT2D eigenvalue weighted by Gasteiger charge is 2.70. The van der Waals surface area contributed by atoms with E-state index in [1.54, 1.807) is 0 Å². The van der Waals surface area contributed by atoms with E-state index in [2.05, 4.69) is 6.92 Å². The lowest BCUT2D eigenvalue weighted by Gasteiger charge is -2.39. The Bertz CT molecular complexity index is 321. The molecule has 4 nitrogen and oxygen atoms in total. The summed E-state index contributed by atoms with van der Waals surface area (Å²) in [5, 5.41) is 20.2. The number of rotatable bonds is 4. The van der Waals surface area contributed by atoms with Crippen LogP contribution in [0.15, 0.2) is 0 Å². The lowest BCUT2D eigenvalue weighted by Crippen LogP contribution is -2.54. The molecule has 0 aromatic heterocycles. The highest BCUT2D eigenvalue weighted by atomic mass is 16.6. The Balaban J connectivity index is 1.79. The quantitative estimate of drug-likeness (QED) is 0.739. The van der Waals surface area contributed by atoms with E-state index in [4.69, 9.17) is 9.47 Å². The van der Waals surface area contributed by atoms with Gasteiger partial charge in [-0.1, -0.05) is 26.7 Å². The van der Waals surface area contributed by atoms with Crippen LogP contribution in [-0.2, 0) is 9.47 Å². The van der Waals surface area contributed by atoms with Crippen LogP contribution >= 0.6 is 0 Å². The molecule has 1 saturated carbocycles. The Hall–Kier alpha value is -0.160. The van der Waals surface area contributed by atoms with Crippen molar-refractivity contribution in [3.8, 4) is 0 Å². The Morgan fingerprint density at radius 1 is 1.28 bits per heavy atom. The van der Waals surface area contributed by atoms with E-state index in [1.165, 1.54) is 0 Å². The molecule has 3 aliphatic rings. The van der Waals surface area contributed by atoms with Gasteiger partial charge in [0.2, 0.25) is 0 Å². The first-order valence-electron chi connectivity index (χ1n) is 7.24. The second-order valence-corrected chi connectivity index (χ2v) is 6.29. The van der Waals surface area contributed by atoms with Crippen molar-refractivity contribution < 1.29 is 19.7 Å². The molecule has 0 unspecified atom stereocenters. The topological polar surface area (TPSA) is 62.2 Å². The summed E-state index contributed by atoms with van der Waals surface area (Å²) in [5.74, 6) is 0.115. The molecule has 0 radical (unpaired) electrons. The first-order valence-corrected chi connectivity index (χ1v) is 7.24. The molecule has 0 amide bonds. The first-order chi connectivity index (χ1) is 8.64. The molecule has 7 atom stereocenters. The van der Waals surface area contributed by atoms with Crippen molar-refractivity contribution in [2.45, 2.75) is 70.1 Å². The van der Waals surface area contributed by atoms with Gasteiger partial charge >= 0.3 is 0 Å². The minimum atomic E-state index is -0.507. The van der Waals surface area contributed by atoms with Crippen LogP contribution in [0.5, 0.6) is 0 Å². The van der Waals surface area contributed by atoms with Gasteiger partial charge in [-0.25, -0.2) is 0 Å². The molecule has 18 heavy (non-hydrogen) atoms. The van der Waals surface area contributed by atoms with Crippen LogP contribution in [0.25, 0.3) is 0 Å². The second kappa shape index (κ2) is 4.44. The fraction of sp³-hybridized carbons (Fsp3) is 1.00. The molecule has 2 saturated heterocycles. The number of hydrogen-bond acceptors (Lipinski definition) is 4. The molecule has 0 bridgehead atoms. The predicted molar refractivity (Wildman–Crippen MR) is 66.2 cm³/mol. The maximum atomic E-state index is 10.4. The summed E-state index contributed by atoms with van der Waals surface area (Å²) in [4.78, 5) is 0. The predicted octanol–water partition coefficient (Wildman–Crippen LogP) is 1.09. The van der Waals surface area contributed by atoms with E-state index in [0.717, 1.165) is 25.7 Å². The van der Waals surface area contributed by atoms with Gasteiger partial charge in [0.05, 0.1) is 42.5 Å². The van der Waals surface area contributed by atoms with Crippen molar-refractivity contribution >= 4 is 0 Å². The van der Waals surface area contributed by atoms with Crippen LogP contribution in [0.1, 0.15) is 39.5 Å². The van der Waals surface area contributed by atoms with Crippen LogP contribution in [0.4, 0.5) is 0 Å². The fourth-order valence-electron chi connectivity index (χ4n) is 3.93. The summed E-state index contributed by atoms with van der Waals surface area (Å²) >= 11 is 0. The van der Waals surface area contributed by atoms with E-state index < -0.39 is 6.10 Å². The number of unbranched alkanes of at least 4 members (excludes halogenated alkanes) is 1. The lowest BCUT2D eigenvalue weighted by atomic mass is 9.66. The van der Waals surface area contributed by atoms with Gasteiger partial charge in [0.15, 0.2) is 0 Å². The van der Waals surface area contributed by atoms with Crippen LogP contribution in [0, 0.1) is 11.3 Å². The van der Waals surface area contributed by atoms with E-state index in [9.17, 15) is 10.2 Å². The summed E-state index contributed by atoms with van der Waals surface area (Å²) < 4.78 is 11.8. The number of aliphatic hydroxyl groups is 2. The minimum Gasteiger partial charge on any atom is -0.396 e. The summed E-state index contributed by atoms with van der Waals surface area (Å²) in [7, 11) is 0. The van der Waals surface area contributed by atoms with Gasteiger partial charge in [-0.2, -0.15) is 0 Å². The fourth-order valence-corrected chi connectivity index (χ4v) is 3.93. The molecule has 3 fully saturated rings. The van der Waals surface area contributed by atoms with E-state index >= 15 is 0 Å². The summed E-state index contributed by atoms with van der Waals surface area (Å²) in [5.41, 5.74) is -0.352. The normalized spacial score (nSPS) is 54.0. The smallest absolute Gasteiger partial charge is 0.0950 e. The highest BCUT2D eigenvalue weighted by molar-refractivity contribution is 5.17. The zero-order valence-corrected chi connectivity index (χ0v) is 11.2. The van der Waals surface area contributed by atoms with Gasteiger partial charge in [-0.05, 0) is 12.8 Å². The minimum absolute atomic E-state index is 0.0608. The second-order valence-electron chi connectivity index (χ2n) is 6.29. The molecular weight excluding hydrogens is 232 g/mol. The monoisotopic (exact) mass is 256 g/mol. The standard InChI is InChI=1S/C14H24O4/c1-3-4-5-9-6-14(7-15)12(17-9)10(16)8(2)11-13(14)18-11/h8-13,15-16H,3-7H2,1-2H3/t8-,9+,10-,11+,12+,13+,14-/m1/s1. The molecule has 0 spiro atoms. The summed E-state index contributed by atoms with van der Waals surface area (Å²) in [6.45, 7) is 4.24. The molecule has 104 valence electrons. The van der Waals surface area contributed by atoms with Gasteiger partial charge in [-0.3, -0.25) is 0 Å². The van der Waals surface area contributed by atoms with Crippen molar-refractivity contribution in [2.24, 2.45) is 11.3 Å². The molecule has 2 N–H and O–H groups in total. The maximum Gasteiger partial charge on any atom is 0.0950 e. The van der Waals surface area contributed by atoms with E-state index in [0.29, 0.717) is 0 Å². The van der Waals surface area contributed by atoms with Crippen LogP contribution < -0.4 is 0 Å². The van der Waals surface area contributed by atoms with Crippen LogP contribution in [-0.4, -0.2) is 47.3 Å². The zero-order valence-electron chi connectivity index (χ0n) is 11.2. The van der Waals surface area contributed by atoms with E-state index in [-0.39, 0.29) is 42.4 Å². The molecule has 0 aromatic carbocycles. The van der Waals surface area contributed by atoms with Gasteiger partial charge in [0, 0.05) is 5.92 Å². The molecular formula is C14H24O4. The number of ether oxygens (including phenoxy) is 2. The largest absolute Gasteiger partial charge is 0.396 e. The lowest BCUT2D eigenvalue weighted by molar-refractivity contribution is -0.114. The third kappa shape index (κ3) is 1.66. The maximum absolute atomic E-state index is 10.4. The molecule has 1 aliphatic carbocycles. The first kappa shape index (κ1) is 12.9. The third-order valence-corrected chi connectivity index (χ3v) is 5.15. The van der Waals surface area contributed by atoms with Gasteiger partial charge in [0.25, 0.3) is 0 Å². The number of hydrogen-bond donors (Lipinski definition) is 2. The Morgan fingerprint density at radius 3 is 2.72 bits per heavy atom. The molecule has 3 rings (SSSR count). The van der Waals surface area contributed by atoms with Gasteiger partial charge < -0.3 is 19.7 Å². The average molecular weight is 256 g/mol. The highest BCUT2D eigenvalue weighted by Crippen LogP contribution is 2.58. The Labute approximate surface area is 108 Å². The Morgan fingerprint density at radius 2 is 2.06 bits per heavy atom. The zero-order chi connectivity index (χ0) is 12.9. The van der Waals surface area contributed by atoms with Gasteiger partial charge in [-0.15, -0.1) is 0 Å². The van der Waals surface area contributed by atoms with E-state index in [1.807, 2.05) is 6.92 Å². The van der Waals surface area contributed by atoms with Crippen LogP contribution in [0.3, 0.4) is 0 Å². The van der Waals surface area contributed by atoms with Gasteiger partial charge in [0.1, 0.15) is 0 Å².